The van der Waals surface area contributed by atoms with Gasteiger partial charge in [-0.25, -0.2) is 4.99 Å². The van der Waals surface area contributed by atoms with E-state index in [1.54, 1.807) is 0 Å². The van der Waals surface area contributed by atoms with Crippen LogP contribution in [0.4, 0.5) is 0 Å². The van der Waals surface area contributed by atoms with E-state index in [4.69, 9.17) is 0 Å². The van der Waals surface area contributed by atoms with Crippen molar-refractivity contribution in [1.82, 2.24) is 4.90 Å². The van der Waals surface area contributed by atoms with Crippen LogP contribution in [0.15, 0.2) is 29.4 Å². The standard InChI is InChI=1S/C13H24N2/c1-7-9-14-13(5)15(6)10-8-12(4)11(2)3/h7,9,12H,2,8,10H2,1,3-6H3/b9-7-,14-13?. The molecule has 0 spiro atoms. The first kappa shape index (κ1) is 13.9. The van der Waals surface area contributed by atoms with Crippen molar-refractivity contribution in [3.63, 3.8) is 0 Å². The number of nitrogens with zero attached hydrogens (tertiary/aromatic N) is 2. The van der Waals surface area contributed by atoms with Gasteiger partial charge >= 0.3 is 0 Å². The molecule has 0 fully saturated rings. The summed E-state index contributed by atoms with van der Waals surface area (Å²) in [5, 5.41) is 0. The number of rotatable bonds is 5. The lowest BCUT2D eigenvalue weighted by Crippen LogP contribution is -2.26. The third kappa shape index (κ3) is 6.10. The van der Waals surface area contributed by atoms with E-state index in [1.165, 1.54) is 5.57 Å². The smallest absolute Gasteiger partial charge is 0.101 e. The zero-order valence-corrected chi connectivity index (χ0v) is 10.7. The summed E-state index contributed by atoms with van der Waals surface area (Å²) in [5.74, 6) is 1.64. The van der Waals surface area contributed by atoms with E-state index in [0.29, 0.717) is 5.92 Å². The average molecular weight is 208 g/mol. The van der Waals surface area contributed by atoms with Gasteiger partial charge in [-0.2, -0.15) is 0 Å². The minimum Gasteiger partial charge on any atom is -0.363 e. The fourth-order valence-corrected chi connectivity index (χ4v) is 1.08. The molecule has 2 nitrogen and oxygen atoms in total. The van der Waals surface area contributed by atoms with E-state index in [-0.39, 0.29) is 0 Å². The van der Waals surface area contributed by atoms with Gasteiger partial charge in [0.15, 0.2) is 0 Å². The monoisotopic (exact) mass is 208 g/mol. The van der Waals surface area contributed by atoms with E-state index in [1.807, 2.05) is 26.1 Å². The van der Waals surface area contributed by atoms with E-state index >= 15 is 0 Å². The van der Waals surface area contributed by atoms with Crippen LogP contribution in [-0.2, 0) is 0 Å². The molecule has 2 heteroatoms. The first-order valence-electron chi connectivity index (χ1n) is 5.51. The molecule has 0 aromatic carbocycles. The van der Waals surface area contributed by atoms with Crippen LogP contribution in [0.3, 0.4) is 0 Å². The summed E-state index contributed by atoms with van der Waals surface area (Å²) in [4.78, 5) is 6.48. The first-order valence-corrected chi connectivity index (χ1v) is 5.51. The number of aliphatic imine (C=N–C) groups is 1. The van der Waals surface area contributed by atoms with E-state index in [9.17, 15) is 0 Å². The van der Waals surface area contributed by atoms with Gasteiger partial charge < -0.3 is 4.90 Å². The van der Waals surface area contributed by atoms with Crippen LogP contribution in [0.2, 0.25) is 0 Å². The van der Waals surface area contributed by atoms with E-state index in [0.717, 1.165) is 18.8 Å². The number of amidine groups is 1. The van der Waals surface area contributed by atoms with Crippen LogP contribution in [0.1, 0.15) is 34.1 Å². The Morgan fingerprint density at radius 2 is 2.07 bits per heavy atom. The zero-order chi connectivity index (χ0) is 11.8. The predicted octanol–water partition coefficient (Wildman–Crippen LogP) is 3.47. The summed E-state index contributed by atoms with van der Waals surface area (Å²) in [5.41, 5.74) is 1.26. The lowest BCUT2D eigenvalue weighted by atomic mass is 10.0. The topological polar surface area (TPSA) is 15.6 Å². The van der Waals surface area contributed by atoms with Crippen LogP contribution < -0.4 is 0 Å². The second-order valence-corrected chi connectivity index (χ2v) is 4.12. The highest BCUT2D eigenvalue weighted by molar-refractivity contribution is 5.79. The molecule has 0 saturated heterocycles. The van der Waals surface area contributed by atoms with Crippen molar-refractivity contribution >= 4 is 5.84 Å². The molecule has 0 amide bonds. The van der Waals surface area contributed by atoms with Gasteiger partial charge in [-0.3, -0.25) is 0 Å². The third-order valence-electron chi connectivity index (χ3n) is 2.70. The van der Waals surface area contributed by atoms with Gasteiger partial charge in [0, 0.05) is 19.8 Å². The Morgan fingerprint density at radius 3 is 2.53 bits per heavy atom. The Labute approximate surface area is 94.4 Å². The van der Waals surface area contributed by atoms with Crippen molar-refractivity contribution in [2.45, 2.75) is 34.1 Å². The summed E-state index contributed by atoms with van der Waals surface area (Å²) >= 11 is 0. The Bertz CT molecular complexity index is 251. The average Bonchev–Trinajstić information content (AvgIpc) is 2.21. The minimum absolute atomic E-state index is 0.585. The molecule has 0 rings (SSSR count). The maximum Gasteiger partial charge on any atom is 0.101 e. The molecule has 86 valence electrons. The molecule has 0 saturated carbocycles. The Balaban J connectivity index is 4.03. The predicted molar refractivity (Wildman–Crippen MR) is 69.1 cm³/mol. The van der Waals surface area contributed by atoms with Crippen molar-refractivity contribution in [3.05, 3.63) is 24.4 Å². The Hall–Kier alpha value is -1.05. The maximum absolute atomic E-state index is 4.30. The molecule has 0 bridgehead atoms. The Kier molecular flexibility index (Phi) is 6.76. The van der Waals surface area contributed by atoms with Crippen molar-refractivity contribution in [2.75, 3.05) is 13.6 Å². The fraction of sp³-hybridized carbons (Fsp3) is 0.615. The quantitative estimate of drug-likeness (QED) is 0.384. The van der Waals surface area contributed by atoms with Crippen LogP contribution >= 0.6 is 0 Å². The molecule has 0 aliphatic carbocycles. The van der Waals surface area contributed by atoms with Gasteiger partial charge in [-0.05, 0) is 33.1 Å². The van der Waals surface area contributed by atoms with E-state index < -0.39 is 0 Å². The molecule has 15 heavy (non-hydrogen) atoms. The van der Waals surface area contributed by atoms with Gasteiger partial charge in [0.1, 0.15) is 5.84 Å². The highest BCUT2D eigenvalue weighted by atomic mass is 15.1. The second-order valence-electron chi connectivity index (χ2n) is 4.12. The van der Waals surface area contributed by atoms with Crippen molar-refractivity contribution in [1.29, 1.82) is 0 Å². The molecule has 0 aliphatic rings. The summed E-state index contributed by atoms with van der Waals surface area (Å²) in [6, 6.07) is 0. The van der Waals surface area contributed by atoms with Crippen molar-refractivity contribution in [2.24, 2.45) is 10.9 Å². The summed E-state index contributed by atoms with van der Waals surface area (Å²) in [7, 11) is 2.08. The zero-order valence-electron chi connectivity index (χ0n) is 10.7. The van der Waals surface area contributed by atoms with Crippen LogP contribution in [0, 0.1) is 5.92 Å². The molecule has 0 radical (unpaired) electrons. The molecule has 0 aliphatic heterocycles. The molecular formula is C13H24N2. The van der Waals surface area contributed by atoms with Gasteiger partial charge in [0.2, 0.25) is 0 Å². The second kappa shape index (κ2) is 7.27. The van der Waals surface area contributed by atoms with Gasteiger partial charge in [0.25, 0.3) is 0 Å². The van der Waals surface area contributed by atoms with Gasteiger partial charge in [-0.15, -0.1) is 0 Å². The van der Waals surface area contributed by atoms with E-state index in [2.05, 4.69) is 37.4 Å². The summed E-state index contributed by atoms with van der Waals surface area (Å²) in [6.45, 7) is 13.3. The fourth-order valence-electron chi connectivity index (χ4n) is 1.08. The molecule has 0 aromatic rings. The van der Waals surface area contributed by atoms with Gasteiger partial charge in [-0.1, -0.05) is 25.2 Å². The van der Waals surface area contributed by atoms with Crippen LogP contribution in [0.5, 0.6) is 0 Å². The summed E-state index contributed by atoms with van der Waals surface area (Å²) < 4.78 is 0. The van der Waals surface area contributed by atoms with Crippen LogP contribution in [-0.4, -0.2) is 24.3 Å². The molecule has 1 unspecified atom stereocenters. The lowest BCUT2D eigenvalue weighted by Gasteiger charge is -2.20. The first-order chi connectivity index (χ1) is 6.99. The number of allylic oxidation sites excluding steroid dienone is 2. The maximum atomic E-state index is 4.30. The minimum atomic E-state index is 0.585. The van der Waals surface area contributed by atoms with Crippen molar-refractivity contribution in [3.8, 4) is 0 Å². The number of hydrogen-bond donors (Lipinski definition) is 0. The number of hydrogen-bond acceptors (Lipinski definition) is 1. The lowest BCUT2D eigenvalue weighted by molar-refractivity contribution is 0.445. The summed E-state index contributed by atoms with van der Waals surface area (Å²) in [6.07, 6.45) is 4.90. The normalized spacial score (nSPS) is 14.3. The SMILES string of the molecule is C=C(C)C(C)CCN(C)C(C)=N/C=C\C. The molecule has 0 N–H and O–H groups in total. The Morgan fingerprint density at radius 1 is 1.47 bits per heavy atom. The highest BCUT2D eigenvalue weighted by Crippen LogP contribution is 2.11. The third-order valence-corrected chi connectivity index (χ3v) is 2.70. The molecule has 1 atom stereocenters. The van der Waals surface area contributed by atoms with Crippen molar-refractivity contribution < 1.29 is 0 Å². The van der Waals surface area contributed by atoms with Crippen LogP contribution in [0.25, 0.3) is 0 Å². The largest absolute Gasteiger partial charge is 0.363 e. The van der Waals surface area contributed by atoms with Gasteiger partial charge in [0.05, 0.1) is 0 Å². The highest BCUT2D eigenvalue weighted by Gasteiger charge is 2.05. The molecular weight excluding hydrogens is 184 g/mol. The molecule has 0 aromatic heterocycles. The molecule has 0 heterocycles.